The van der Waals surface area contributed by atoms with E-state index in [4.69, 9.17) is 5.73 Å². The van der Waals surface area contributed by atoms with Gasteiger partial charge in [-0.05, 0) is 38.1 Å². The molecule has 1 rings (SSSR count). The number of hydrogen-bond donors (Lipinski definition) is 2. The van der Waals surface area contributed by atoms with Crippen LogP contribution in [0.15, 0.2) is 0 Å². The standard InChI is InChI=1S/C13H26N2O/c14-10-4-3-9-13(16)15-11-5-8-12-6-1-2-7-12/h12H,1-11,14H2,(H,15,16). The Hall–Kier alpha value is -0.570. The van der Waals surface area contributed by atoms with Gasteiger partial charge < -0.3 is 11.1 Å². The zero-order valence-electron chi connectivity index (χ0n) is 10.3. The summed E-state index contributed by atoms with van der Waals surface area (Å²) in [6, 6.07) is 0. The van der Waals surface area contributed by atoms with Gasteiger partial charge in [0, 0.05) is 13.0 Å². The molecular weight excluding hydrogens is 200 g/mol. The van der Waals surface area contributed by atoms with Crippen LogP contribution in [0.4, 0.5) is 0 Å². The molecular formula is C13H26N2O. The summed E-state index contributed by atoms with van der Waals surface area (Å²) < 4.78 is 0. The van der Waals surface area contributed by atoms with Gasteiger partial charge in [0.1, 0.15) is 0 Å². The summed E-state index contributed by atoms with van der Waals surface area (Å²) in [4.78, 5) is 11.4. The van der Waals surface area contributed by atoms with E-state index in [1.807, 2.05) is 0 Å². The van der Waals surface area contributed by atoms with Crippen molar-refractivity contribution in [1.29, 1.82) is 0 Å². The van der Waals surface area contributed by atoms with Gasteiger partial charge in [-0.2, -0.15) is 0 Å². The summed E-state index contributed by atoms with van der Waals surface area (Å²) in [5, 5.41) is 2.99. The van der Waals surface area contributed by atoms with Gasteiger partial charge in [0.05, 0.1) is 0 Å². The summed E-state index contributed by atoms with van der Waals surface area (Å²) in [5.41, 5.74) is 5.37. The van der Waals surface area contributed by atoms with E-state index in [-0.39, 0.29) is 5.91 Å². The molecule has 1 aliphatic carbocycles. The molecule has 3 heteroatoms. The third-order valence-electron chi connectivity index (χ3n) is 3.44. The maximum absolute atomic E-state index is 11.4. The molecule has 0 aromatic carbocycles. The smallest absolute Gasteiger partial charge is 0.219 e. The number of unbranched alkanes of at least 4 members (excludes halogenated alkanes) is 1. The van der Waals surface area contributed by atoms with Crippen molar-refractivity contribution in [2.24, 2.45) is 11.7 Å². The van der Waals surface area contributed by atoms with Crippen molar-refractivity contribution < 1.29 is 4.79 Å². The van der Waals surface area contributed by atoms with Crippen molar-refractivity contribution in [3.63, 3.8) is 0 Å². The highest BCUT2D eigenvalue weighted by atomic mass is 16.1. The number of nitrogens with two attached hydrogens (primary N) is 1. The molecule has 1 aliphatic rings. The first-order chi connectivity index (χ1) is 7.83. The lowest BCUT2D eigenvalue weighted by Crippen LogP contribution is -2.24. The number of amides is 1. The van der Waals surface area contributed by atoms with Crippen LogP contribution in [-0.4, -0.2) is 19.0 Å². The predicted molar refractivity (Wildman–Crippen MR) is 67.1 cm³/mol. The maximum atomic E-state index is 11.4. The second-order valence-corrected chi connectivity index (χ2v) is 4.89. The second kappa shape index (κ2) is 8.57. The highest BCUT2D eigenvalue weighted by Gasteiger charge is 2.13. The van der Waals surface area contributed by atoms with Gasteiger partial charge in [-0.3, -0.25) is 4.79 Å². The van der Waals surface area contributed by atoms with Crippen molar-refractivity contribution in [2.45, 2.75) is 57.8 Å². The molecule has 3 nitrogen and oxygen atoms in total. The van der Waals surface area contributed by atoms with E-state index in [9.17, 15) is 4.79 Å². The molecule has 0 heterocycles. The van der Waals surface area contributed by atoms with E-state index in [2.05, 4.69) is 5.32 Å². The largest absolute Gasteiger partial charge is 0.356 e. The minimum absolute atomic E-state index is 0.194. The summed E-state index contributed by atoms with van der Waals surface area (Å²) in [6.07, 6.45) is 10.6. The molecule has 1 fully saturated rings. The number of carbonyl (C=O) groups excluding carboxylic acids is 1. The van der Waals surface area contributed by atoms with Crippen LogP contribution in [0.1, 0.15) is 57.8 Å². The van der Waals surface area contributed by atoms with Crippen LogP contribution in [0.5, 0.6) is 0 Å². The quantitative estimate of drug-likeness (QED) is 0.623. The lowest BCUT2D eigenvalue weighted by atomic mass is 10.0. The Bertz CT molecular complexity index is 188. The van der Waals surface area contributed by atoms with Crippen LogP contribution in [0.3, 0.4) is 0 Å². The molecule has 0 aromatic rings. The highest BCUT2D eigenvalue weighted by Crippen LogP contribution is 2.28. The van der Waals surface area contributed by atoms with Crippen LogP contribution in [-0.2, 0) is 4.79 Å². The first kappa shape index (κ1) is 13.5. The van der Waals surface area contributed by atoms with Gasteiger partial charge in [0.15, 0.2) is 0 Å². The Balaban J connectivity index is 1.87. The molecule has 0 saturated heterocycles. The predicted octanol–water partition coefficient (Wildman–Crippen LogP) is 2.20. The number of hydrogen-bond acceptors (Lipinski definition) is 2. The molecule has 94 valence electrons. The van der Waals surface area contributed by atoms with Crippen LogP contribution in [0.2, 0.25) is 0 Å². The molecule has 1 amide bonds. The van der Waals surface area contributed by atoms with Gasteiger partial charge in [0.2, 0.25) is 5.91 Å². The van der Waals surface area contributed by atoms with Gasteiger partial charge in [-0.1, -0.05) is 25.7 Å². The normalized spacial score (nSPS) is 16.6. The van der Waals surface area contributed by atoms with Gasteiger partial charge >= 0.3 is 0 Å². The molecule has 0 radical (unpaired) electrons. The van der Waals surface area contributed by atoms with Crippen LogP contribution < -0.4 is 11.1 Å². The van der Waals surface area contributed by atoms with Crippen LogP contribution >= 0.6 is 0 Å². The Morgan fingerprint density at radius 1 is 1.19 bits per heavy atom. The fourth-order valence-corrected chi connectivity index (χ4v) is 2.44. The minimum atomic E-state index is 0.194. The fraction of sp³-hybridized carbons (Fsp3) is 0.923. The van der Waals surface area contributed by atoms with Crippen molar-refractivity contribution >= 4 is 5.91 Å². The Kier molecular flexibility index (Phi) is 7.23. The van der Waals surface area contributed by atoms with E-state index >= 15 is 0 Å². The molecule has 0 spiro atoms. The van der Waals surface area contributed by atoms with Gasteiger partial charge in [-0.25, -0.2) is 0 Å². The minimum Gasteiger partial charge on any atom is -0.356 e. The molecule has 3 N–H and O–H groups in total. The summed E-state index contributed by atoms with van der Waals surface area (Å²) in [5.74, 6) is 1.13. The Morgan fingerprint density at radius 2 is 1.94 bits per heavy atom. The zero-order chi connectivity index (χ0) is 11.6. The molecule has 1 saturated carbocycles. The number of rotatable bonds is 8. The maximum Gasteiger partial charge on any atom is 0.219 e. The van der Waals surface area contributed by atoms with Gasteiger partial charge in [0.25, 0.3) is 0 Å². The molecule has 0 aliphatic heterocycles. The highest BCUT2D eigenvalue weighted by molar-refractivity contribution is 5.75. The lowest BCUT2D eigenvalue weighted by Gasteiger charge is -2.09. The first-order valence-corrected chi connectivity index (χ1v) is 6.79. The average molecular weight is 226 g/mol. The van der Waals surface area contributed by atoms with Gasteiger partial charge in [-0.15, -0.1) is 0 Å². The van der Waals surface area contributed by atoms with E-state index < -0.39 is 0 Å². The first-order valence-electron chi connectivity index (χ1n) is 6.79. The summed E-state index contributed by atoms with van der Waals surface area (Å²) in [7, 11) is 0. The third kappa shape index (κ3) is 6.11. The Morgan fingerprint density at radius 3 is 2.62 bits per heavy atom. The van der Waals surface area contributed by atoms with Crippen LogP contribution in [0.25, 0.3) is 0 Å². The SMILES string of the molecule is NCCCCC(=O)NCCCC1CCCC1. The summed E-state index contributed by atoms with van der Waals surface area (Å²) >= 11 is 0. The lowest BCUT2D eigenvalue weighted by molar-refractivity contribution is -0.121. The molecule has 0 bridgehead atoms. The molecule has 0 unspecified atom stereocenters. The van der Waals surface area contributed by atoms with Crippen molar-refractivity contribution in [3.8, 4) is 0 Å². The van der Waals surface area contributed by atoms with Crippen molar-refractivity contribution in [3.05, 3.63) is 0 Å². The van der Waals surface area contributed by atoms with E-state index in [1.54, 1.807) is 0 Å². The molecule has 16 heavy (non-hydrogen) atoms. The van der Waals surface area contributed by atoms with E-state index in [0.717, 1.165) is 31.7 Å². The summed E-state index contributed by atoms with van der Waals surface area (Å²) in [6.45, 7) is 1.55. The second-order valence-electron chi connectivity index (χ2n) is 4.89. The van der Waals surface area contributed by atoms with E-state index in [0.29, 0.717) is 13.0 Å². The number of carbonyl (C=O) groups is 1. The van der Waals surface area contributed by atoms with Crippen LogP contribution in [0, 0.1) is 5.92 Å². The Labute approximate surface area is 99.2 Å². The van der Waals surface area contributed by atoms with E-state index in [1.165, 1.54) is 32.1 Å². The zero-order valence-corrected chi connectivity index (χ0v) is 10.3. The van der Waals surface area contributed by atoms with Crippen molar-refractivity contribution in [1.82, 2.24) is 5.32 Å². The average Bonchev–Trinajstić information content (AvgIpc) is 2.78. The third-order valence-corrected chi connectivity index (χ3v) is 3.44. The molecule has 0 aromatic heterocycles. The van der Waals surface area contributed by atoms with Crippen molar-refractivity contribution in [2.75, 3.05) is 13.1 Å². The fourth-order valence-electron chi connectivity index (χ4n) is 2.44. The topological polar surface area (TPSA) is 55.1 Å². The number of nitrogens with one attached hydrogen (secondary N) is 1. The molecule has 0 atom stereocenters. The monoisotopic (exact) mass is 226 g/mol.